The maximum atomic E-state index is 12.1. The van der Waals surface area contributed by atoms with Crippen molar-refractivity contribution < 1.29 is 14.3 Å². The number of aliphatic hydroxyl groups excluding tert-OH is 1. The molecule has 22 heavy (non-hydrogen) atoms. The van der Waals surface area contributed by atoms with Crippen molar-refractivity contribution >= 4 is 5.91 Å². The van der Waals surface area contributed by atoms with E-state index in [0.717, 1.165) is 5.56 Å². The molecule has 0 unspecified atom stereocenters. The minimum absolute atomic E-state index is 0.0731. The number of rotatable bonds is 5. The molecule has 1 amide bonds. The van der Waals surface area contributed by atoms with Crippen molar-refractivity contribution in [1.82, 2.24) is 5.32 Å². The van der Waals surface area contributed by atoms with E-state index in [0.29, 0.717) is 18.5 Å². The van der Waals surface area contributed by atoms with Crippen molar-refractivity contribution in [2.75, 3.05) is 6.54 Å². The number of hydrogen-bond donors (Lipinski definition) is 2. The molecule has 2 rings (SSSR count). The van der Waals surface area contributed by atoms with E-state index in [4.69, 9.17) is 4.42 Å². The Labute approximate surface area is 131 Å². The number of furan rings is 1. The van der Waals surface area contributed by atoms with Crippen molar-refractivity contribution in [3.63, 3.8) is 0 Å². The van der Waals surface area contributed by atoms with E-state index in [1.807, 2.05) is 24.3 Å². The van der Waals surface area contributed by atoms with Crippen LogP contribution in [-0.4, -0.2) is 17.6 Å². The lowest BCUT2D eigenvalue weighted by Crippen LogP contribution is -2.25. The summed E-state index contributed by atoms with van der Waals surface area (Å²) >= 11 is 0. The summed E-state index contributed by atoms with van der Waals surface area (Å²) in [7, 11) is 0. The molecule has 4 nitrogen and oxygen atoms in total. The molecule has 1 aromatic heterocycles. The molecule has 0 saturated carbocycles. The van der Waals surface area contributed by atoms with Gasteiger partial charge in [0.2, 0.25) is 0 Å². The Morgan fingerprint density at radius 1 is 1.23 bits per heavy atom. The zero-order valence-corrected chi connectivity index (χ0v) is 13.3. The van der Waals surface area contributed by atoms with Crippen molar-refractivity contribution in [3.8, 4) is 0 Å². The Hall–Kier alpha value is -2.07. The van der Waals surface area contributed by atoms with Crippen molar-refractivity contribution in [1.29, 1.82) is 0 Å². The summed E-state index contributed by atoms with van der Waals surface area (Å²) in [6.07, 6.45) is 2.86. The summed E-state index contributed by atoms with van der Waals surface area (Å²) in [6.45, 7) is 6.82. The third kappa shape index (κ3) is 4.21. The number of carbonyl (C=O) groups is 1. The van der Waals surface area contributed by atoms with Gasteiger partial charge in [0.25, 0.3) is 5.91 Å². The summed E-state index contributed by atoms with van der Waals surface area (Å²) in [5.74, 6) is -0.125. The average molecular weight is 301 g/mol. The second-order valence-electron chi connectivity index (χ2n) is 6.44. The van der Waals surface area contributed by atoms with Gasteiger partial charge in [-0.15, -0.1) is 0 Å². The number of amides is 1. The van der Waals surface area contributed by atoms with Gasteiger partial charge in [-0.2, -0.15) is 0 Å². The van der Waals surface area contributed by atoms with Crippen molar-refractivity contribution in [2.24, 2.45) is 0 Å². The second kappa shape index (κ2) is 6.79. The number of carbonyl (C=O) groups excluding carboxylic acids is 1. The molecule has 2 N–H and O–H groups in total. The third-order valence-electron chi connectivity index (χ3n) is 3.64. The molecule has 0 aliphatic heterocycles. The average Bonchev–Trinajstić information content (AvgIpc) is 3.00. The minimum Gasteiger partial charge on any atom is -0.472 e. The summed E-state index contributed by atoms with van der Waals surface area (Å²) in [5.41, 5.74) is 2.62. The van der Waals surface area contributed by atoms with Crippen LogP contribution in [0.1, 0.15) is 54.8 Å². The fourth-order valence-corrected chi connectivity index (χ4v) is 2.18. The molecule has 0 spiro atoms. The summed E-state index contributed by atoms with van der Waals surface area (Å²) in [4.78, 5) is 12.1. The van der Waals surface area contributed by atoms with Crippen LogP contribution in [0.3, 0.4) is 0 Å². The van der Waals surface area contributed by atoms with Crippen LogP contribution in [0.2, 0.25) is 0 Å². The standard InChI is InChI=1S/C18H23NO3/c1-18(2,3)15-6-4-13(5-7-15)17(21)19-10-8-16(20)14-9-11-22-12-14/h4-7,9,11-12,16,20H,8,10H2,1-3H3,(H,19,21)/t16-/m0/s1. The summed E-state index contributed by atoms with van der Waals surface area (Å²) in [6, 6.07) is 9.35. The number of nitrogens with one attached hydrogen (secondary N) is 1. The smallest absolute Gasteiger partial charge is 0.251 e. The normalized spacial score (nSPS) is 12.9. The van der Waals surface area contributed by atoms with Crippen LogP contribution >= 0.6 is 0 Å². The lowest BCUT2D eigenvalue weighted by Gasteiger charge is -2.19. The highest BCUT2D eigenvalue weighted by molar-refractivity contribution is 5.94. The zero-order chi connectivity index (χ0) is 16.2. The Balaban J connectivity index is 1.85. The fourth-order valence-electron chi connectivity index (χ4n) is 2.18. The highest BCUT2D eigenvalue weighted by atomic mass is 16.3. The predicted molar refractivity (Wildman–Crippen MR) is 85.8 cm³/mol. The van der Waals surface area contributed by atoms with Crippen molar-refractivity contribution in [3.05, 3.63) is 59.5 Å². The Bertz CT molecular complexity index is 594. The molecule has 1 heterocycles. The lowest BCUT2D eigenvalue weighted by atomic mass is 9.87. The molecule has 4 heteroatoms. The van der Waals surface area contributed by atoms with E-state index < -0.39 is 6.10 Å². The van der Waals surface area contributed by atoms with Crippen LogP contribution in [0.4, 0.5) is 0 Å². The first kappa shape index (κ1) is 16.3. The van der Waals surface area contributed by atoms with Gasteiger partial charge in [-0.05, 0) is 35.6 Å². The van der Waals surface area contributed by atoms with Crippen LogP contribution in [0.5, 0.6) is 0 Å². The zero-order valence-electron chi connectivity index (χ0n) is 13.3. The van der Waals surface area contributed by atoms with Gasteiger partial charge >= 0.3 is 0 Å². The van der Waals surface area contributed by atoms with E-state index in [-0.39, 0.29) is 11.3 Å². The molecule has 0 aliphatic rings. The SMILES string of the molecule is CC(C)(C)c1ccc(C(=O)NCC[C@H](O)c2ccoc2)cc1. The maximum Gasteiger partial charge on any atom is 0.251 e. The molecule has 0 saturated heterocycles. The molecular formula is C18H23NO3. The van der Waals surface area contributed by atoms with Crippen molar-refractivity contribution in [2.45, 2.75) is 38.7 Å². The van der Waals surface area contributed by atoms with Gasteiger partial charge in [-0.25, -0.2) is 0 Å². The quantitative estimate of drug-likeness (QED) is 0.889. The van der Waals surface area contributed by atoms with Crippen LogP contribution in [0.15, 0.2) is 47.3 Å². The number of aliphatic hydroxyl groups is 1. The fraction of sp³-hybridized carbons (Fsp3) is 0.389. The Morgan fingerprint density at radius 2 is 1.91 bits per heavy atom. The van der Waals surface area contributed by atoms with Crippen LogP contribution in [0.25, 0.3) is 0 Å². The molecule has 0 fully saturated rings. The van der Waals surface area contributed by atoms with E-state index in [1.54, 1.807) is 6.07 Å². The Kier molecular flexibility index (Phi) is 5.03. The molecule has 0 radical (unpaired) electrons. The number of benzene rings is 1. The summed E-state index contributed by atoms with van der Waals surface area (Å²) in [5, 5.41) is 12.7. The van der Waals surface area contributed by atoms with Gasteiger partial charge in [-0.1, -0.05) is 32.9 Å². The lowest BCUT2D eigenvalue weighted by molar-refractivity contribution is 0.0942. The minimum atomic E-state index is -0.623. The van der Waals surface area contributed by atoms with Crippen LogP contribution in [0, 0.1) is 0 Å². The molecule has 0 aliphatic carbocycles. The molecule has 2 aromatic rings. The first-order valence-corrected chi connectivity index (χ1v) is 7.47. The molecule has 0 bridgehead atoms. The van der Waals surface area contributed by atoms with E-state index in [1.165, 1.54) is 18.1 Å². The first-order chi connectivity index (χ1) is 10.4. The molecule has 1 atom stereocenters. The molecule has 1 aromatic carbocycles. The second-order valence-corrected chi connectivity index (χ2v) is 6.44. The first-order valence-electron chi connectivity index (χ1n) is 7.47. The molecule has 118 valence electrons. The van der Waals surface area contributed by atoms with Gasteiger partial charge in [0.1, 0.15) is 0 Å². The largest absolute Gasteiger partial charge is 0.472 e. The predicted octanol–water partition coefficient (Wildman–Crippen LogP) is 3.43. The van der Waals surface area contributed by atoms with Crippen LogP contribution < -0.4 is 5.32 Å². The van der Waals surface area contributed by atoms with E-state index in [9.17, 15) is 9.90 Å². The van der Waals surface area contributed by atoms with Gasteiger partial charge < -0.3 is 14.8 Å². The highest BCUT2D eigenvalue weighted by Gasteiger charge is 2.14. The molecular weight excluding hydrogens is 278 g/mol. The van der Waals surface area contributed by atoms with E-state index >= 15 is 0 Å². The van der Waals surface area contributed by atoms with Crippen LogP contribution in [-0.2, 0) is 5.41 Å². The number of hydrogen-bond acceptors (Lipinski definition) is 3. The monoisotopic (exact) mass is 301 g/mol. The maximum absolute atomic E-state index is 12.1. The van der Waals surface area contributed by atoms with Gasteiger partial charge in [0.15, 0.2) is 0 Å². The van der Waals surface area contributed by atoms with Gasteiger partial charge in [0.05, 0.1) is 18.6 Å². The van der Waals surface area contributed by atoms with Gasteiger partial charge in [-0.3, -0.25) is 4.79 Å². The third-order valence-corrected chi connectivity index (χ3v) is 3.64. The Morgan fingerprint density at radius 3 is 2.45 bits per heavy atom. The summed E-state index contributed by atoms with van der Waals surface area (Å²) < 4.78 is 4.92. The van der Waals surface area contributed by atoms with E-state index in [2.05, 4.69) is 26.1 Å². The highest BCUT2D eigenvalue weighted by Crippen LogP contribution is 2.22. The van der Waals surface area contributed by atoms with Gasteiger partial charge in [0, 0.05) is 17.7 Å². The topological polar surface area (TPSA) is 62.5 Å².